The van der Waals surface area contributed by atoms with Crippen LogP contribution in [0.1, 0.15) is 18.9 Å². The first kappa shape index (κ1) is 20.3. The summed E-state index contributed by atoms with van der Waals surface area (Å²) in [5.74, 6) is 0.933. The van der Waals surface area contributed by atoms with E-state index >= 15 is 0 Å². The fourth-order valence-corrected chi connectivity index (χ4v) is 3.03. The van der Waals surface area contributed by atoms with Crippen LogP contribution in [0, 0.1) is 0 Å². The Morgan fingerprint density at radius 3 is 2.71 bits per heavy atom. The number of carbonyl (C=O) groups excluding carboxylic acids is 2. The second-order valence-corrected chi connectivity index (χ2v) is 7.16. The van der Waals surface area contributed by atoms with Gasteiger partial charge in [-0.25, -0.2) is 0 Å². The van der Waals surface area contributed by atoms with Crippen molar-refractivity contribution in [1.29, 1.82) is 0 Å². The first-order valence-electron chi connectivity index (χ1n) is 8.87. The van der Waals surface area contributed by atoms with Gasteiger partial charge in [0.25, 0.3) is 5.91 Å². The third-order valence-electron chi connectivity index (χ3n) is 4.22. The SMILES string of the molecule is CC(Oc1ccc(Cl)c(Cl)c1)C(=O)NCCOc1ccc2c(c1)CCC(=O)N2. The molecule has 2 amide bonds. The molecule has 3 rings (SSSR count). The minimum atomic E-state index is -0.690. The van der Waals surface area contributed by atoms with Gasteiger partial charge in [-0.15, -0.1) is 0 Å². The number of hydrogen-bond acceptors (Lipinski definition) is 4. The maximum absolute atomic E-state index is 12.1. The van der Waals surface area contributed by atoms with Crippen LogP contribution in [0.3, 0.4) is 0 Å². The summed E-state index contributed by atoms with van der Waals surface area (Å²) in [7, 11) is 0. The lowest BCUT2D eigenvalue weighted by Gasteiger charge is -2.18. The number of fused-ring (bicyclic) bond motifs is 1. The summed E-state index contributed by atoms with van der Waals surface area (Å²) in [5, 5.41) is 6.38. The number of benzene rings is 2. The molecule has 0 saturated carbocycles. The Morgan fingerprint density at radius 2 is 1.93 bits per heavy atom. The van der Waals surface area contributed by atoms with Gasteiger partial charge in [-0.1, -0.05) is 23.2 Å². The number of aryl methyl sites for hydroxylation is 1. The molecule has 2 aromatic carbocycles. The molecule has 0 aromatic heterocycles. The number of ether oxygens (including phenoxy) is 2. The third-order valence-corrected chi connectivity index (χ3v) is 4.95. The van der Waals surface area contributed by atoms with E-state index in [1.165, 1.54) is 0 Å². The van der Waals surface area contributed by atoms with Crippen molar-refractivity contribution in [1.82, 2.24) is 5.32 Å². The molecule has 0 bridgehead atoms. The van der Waals surface area contributed by atoms with E-state index in [1.807, 2.05) is 12.1 Å². The van der Waals surface area contributed by atoms with Crippen molar-refractivity contribution in [3.05, 3.63) is 52.0 Å². The summed E-state index contributed by atoms with van der Waals surface area (Å²) in [5.41, 5.74) is 1.87. The number of nitrogens with one attached hydrogen (secondary N) is 2. The fraction of sp³-hybridized carbons (Fsp3) is 0.300. The van der Waals surface area contributed by atoms with Gasteiger partial charge >= 0.3 is 0 Å². The molecule has 1 aliphatic heterocycles. The van der Waals surface area contributed by atoms with Crippen LogP contribution in [-0.4, -0.2) is 31.1 Å². The second kappa shape index (κ2) is 9.17. The van der Waals surface area contributed by atoms with Crippen LogP contribution in [-0.2, 0) is 16.0 Å². The highest BCUT2D eigenvalue weighted by Crippen LogP contribution is 2.27. The summed E-state index contributed by atoms with van der Waals surface area (Å²) in [6.07, 6.45) is 0.478. The van der Waals surface area contributed by atoms with Gasteiger partial charge in [0.05, 0.1) is 16.6 Å². The molecule has 1 aliphatic rings. The predicted octanol–water partition coefficient (Wildman–Crippen LogP) is 3.84. The predicted molar refractivity (Wildman–Crippen MR) is 108 cm³/mol. The van der Waals surface area contributed by atoms with Crippen molar-refractivity contribution in [2.45, 2.75) is 25.9 Å². The molecule has 0 radical (unpaired) electrons. The summed E-state index contributed by atoms with van der Waals surface area (Å²) in [6, 6.07) is 10.4. The van der Waals surface area contributed by atoms with Gasteiger partial charge in [0, 0.05) is 18.2 Å². The van der Waals surface area contributed by atoms with Gasteiger partial charge in [0.2, 0.25) is 5.91 Å². The molecule has 2 N–H and O–H groups in total. The second-order valence-electron chi connectivity index (χ2n) is 6.34. The maximum Gasteiger partial charge on any atom is 0.260 e. The molecule has 8 heteroatoms. The summed E-state index contributed by atoms with van der Waals surface area (Å²) in [6.45, 7) is 2.30. The van der Waals surface area contributed by atoms with Gasteiger partial charge in [-0.2, -0.15) is 0 Å². The molecule has 1 atom stereocenters. The Hall–Kier alpha value is -2.44. The molecule has 6 nitrogen and oxygen atoms in total. The highest BCUT2D eigenvalue weighted by molar-refractivity contribution is 6.42. The van der Waals surface area contributed by atoms with Gasteiger partial charge in [-0.3, -0.25) is 9.59 Å². The number of carbonyl (C=O) groups is 2. The zero-order valence-corrected chi connectivity index (χ0v) is 16.8. The molecule has 0 spiro atoms. The fourth-order valence-electron chi connectivity index (χ4n) is 2.74. The molecule has 0 aliphatic carbocycles. The first-order chi connectivity index (χ1) is 13.4. The first-order valence-corrected chi connectivity index (χ1v) is 9.63. The van der Waals surface area contributed by atoms with Crippen molar-refractivity contribution < 1.29 is 19.1 Å². The van der Waals surface area contributed by atoms with Gasteiger partial charge in [-0.05, 0) is 49.2 Å². The minimum Gasteiger partial charge on any atom is -0.492 e. The summed E-state index contributed by atoms with van der Waals surface area (Å²) in [4.78, 5) is 23.5. The van der Waals surface area contributed by atoms with Crippen molar-refractivity contribution in [2.75, 3.05) is 18.5 Å². The topological polar surface area (TPSA) is 76.7 Å². The van der Waals surface area contributed by atoms with E-state index in [-0.39, 0.29) is 11.8 Å². The third kappa shape index (κ3) is 5.30. The Balaban J connectivity index is 1.42. The van der Waals surface area contributed by atoms with Crippen LogP contribution >= 0.6 is 23.2 Å². The highest BCUT2D eigenvalue weighted by Gasteiger charge is 2.16. The summed E-state index contributed by atoms with van der Waals surface area (Å²) < 4.78 is 11.2. The zero-order chi connectivity index (χ0) is 20.1. The van der Waals surface area contributed by atoms with E-state index in [2.05, 4.69) is 10.6 Å². The maximum atomic E-state index is 12.1. The Bertz CT molecular complexity index is 889. The number of anilines is 1. The van der Waals surface area contributed by atoms with Crippen LogP contribution in [0.4, 0.5) is 5.69 Å². The lowest BCUT2D eigenvalue weighted by atomic mass is 10.0. The van der Waals surface area contributed by atoms with Crippen LogP contribution in [0.25, 0.3) is 0 Å². The lowest BCUT2D eigenvalue weighted by Crippen LogP contribution is -2.38. The van der Waals surface area contributed by atoms with Crippen molar-refractivity contribution >= 4 is 40.7 Å². The minimum absolute atomic E-state index is 0.0288. The molecule has 0 saturated heterocycles. The smallest absolute Gasteiger partial charge is 0.260 e. The molecule has 0 fully saturated rings. The Kier molecular flexibility index (Phi) is 6.65. The molecule has 1 heterocycles. The molecular formula is C20H20Cl2N2O4. The van der Waals surface area contributed by atoms with Gasteiger partial charge in [0.15, 0.2) is 6.10 Å². The standard InChI is InChI=1S/C20H20Cl2N2O4/c1-12(28-15-3-5-16(21)17(22)11-15)20(26)23-8-9-27-14-4-6-18-13(10-14)2-7-19(25)24-18/h3-6,10-12H,2,7-9H2,1H3,(H,23,26)(H,24,25). The van der Waals surface area contributed by atoms with Crippen LogP contribution < -0.4 is 20.1 Å². The Morgan fingerprint density at radius 1 is 1.14 bits per heavy atom. The number of amides is 2. The average molecular weight is 423 g/mol. The molecular weight excluding hydrogens is 403 g/mol. The number of halogens is 2. The van der Waals surface area contributed by atoms with Gasteiger partial charge in [0.1, 0.15) is 18.1 Å². The molecule has 148 valence electrons. The van der Waals surface area contributed by atoms with E-state index in [0.29, 0.717) is 47.5 Å². The monoisotopic (exact) mass is 422 g/mol. The van der Waals surface area contributed by atoms with Crippen molar-refractivity contribution in [2.24, 2.45) is 0 Å². The van der Waals surface area contributed by atoms with Crippen LogP contribution in [0.2, 0.25) is 10.0 Å². The van der Waals surface area contributed by atoms with E-state index in [0.717, 1.165) is 11.3 Å². The normalized spacial score (nSPS) is 13.9. The van der Waals surface area contributed by atoms with E-state index in [9.17, 15) is 9.59 Å². The van der Waals surface area contributed by atoms with Crippen LogP contribution in [0.15, 0.2) is 36.4 Å². The van der Waals surface area contributed by atoms with Crippen LogP contribution in [0.5, 0.6) is 11.5 Å². The van der Waals surface area contributed by atoms with Crippen molar-refractivity contribution in [3.63, 3.8) is 0 Å². The highest BCUT2D eigenvalue weighted by atomic mass is 35.5. The molecule has 28 heavy (non-hydrogen) atoms. The van der Waals surface area contributed by atoms with Crippen molar-refractivity contribution in [3.8, 4) is 11.5 Å². The van der Waals surface area contributed by atoms with E-state index < -0.39 is 6.10 Å². The average Bonchev–Trinajstić information content (AvgIpc) is 2.68. The zero-order valence-electron chi connectivity index (χ0n) is 15.3. The van der Waals surface area contributed by atoms with Gasteiger partial charge < -0.3 is 20.1 Å². The lowest BCUT2D eigenvalue weighted by molar-refractivity contribution is -0.127. The van der Waals surface area contributed by atoms with E-state index in [1.54, 1.807) is 31.2 Å². The molecule has 2 aromatic rings. The quantitative estimate of drug-likeness (QED) is 0.664. The number of rotatable bonds is 7. The Labute approximate surface area is 173 Å². The van der Waals surface area contributed by atoms with E-state index in [4.69, 9.17) is 32.7 Å². The summed E-state index contributed by atoms with van der Waals surface area (Å²) >= 11 is 11.8. The largest absolute Gasteiger partial charge is 0.492 e. The molecule has 1 unspecified atom stereocenters. The number of hydrogen-bond donors (Lipinski definition) is 2.